The van der Waals surface area contributed by atoms with Crippen LogP contribution in [0.25, 0.3) is 0 Å². The second-order valence-corrected chi connectivity index (χ2v) is 8.10. The molecule has 0 bridgehead atoms. The molecule has 9 heteroatoms. The predicted octanol–water partition coefficient (Wildman–Crippen LogP) is 2.00. The van der Waals surface area contributed by atoms with Gasteiger partial charge in [0.05, 0.1) is 30.7 Å². The number of hydrogen-bond acceptors (Lipinski definition) is 6. The zero-order valence-corrected chi connectivity index (χ0v) is 17.6. The van der Waals surface area contributed by atoms with Crippen molar-refractivity contribution in [1.82, 2.24) is 30.1 Å². The van der Waals surface area contributed by atoms with Gasteiger partial charge in [0.1, 0.15) is 10.7 Å². The van der Waals surface area contributed by atoms with Crippen LogP contribution in [0.3, 0.4) is 0 Å². The van der Waals surface area contributed by atoms with Crippen LogP contribution in [0.2, 0.25) is 5.02 Å². The van der Waals surface area contributed by atoms with Crippen molar-refractivity contribution in [2.24, 2.45) is 0 Å². The van der Waals surface area contributed by atoms with Crippen LogP contribution >= 0.6 is 11.6 Å². The van der Waals surface area contributed by atoms with Crippen molar-refractivity contribution in [2.45, 2.75) is 33.0 Å². The van der Waals surface area contributed by atoms with Gasteiger partial charge in [-0.05, 0) is 32.1 Å². The Bertz CT molecular complexity index is 1090. The molecule has 29 heavy (non-hydrogen) atoms. The van der Waals surface area contributed by atoms with Gasteiger partial charge < -0.3 is 9.80 Å². The molecule has 3 aromatic rings. The quantitative estimate of drug-likeness (QED) is 0.688. The molecule has 152 valence electrons. The average Bonchev–Trinajstić information content (AvgIpc) is 3.08. The fourth-order valence-corrected chi connectivity index (χ4v) is 3.96. The molecule has 3 heterocycles. The normalized spacial score (nSPS) is 13.8. The Kier molecular flexibility index (Phi) is 5.38. The minimum absolute atomic E-state index is 0.156. The summed E-state index contributed by atoms with van der Waals surface area (Å²) >= 11 is 6.17. The van der Waals surface area contributed by atoms with E-state index in [-0.39, 0.29) is 10.6 Å². The van der Waals surface area contributed by atoms with Crippen LogP contribution < -0.4 is 10.5 Å². The summed E-state index contributed by atoms with van der Waals surface area (Å²) in [5.41, 5.74) is 6.10. The molecule has 0 saturated heterocycles. The smallest absolute Gasteiger partial charge is 0.285 e. The van der Waals surface area contributed by atoms with Gasteiger partial charge in [0, 0.05) is 19.5 Å². The SMILES string of the molecule is Cc1ccc(Cn2nnc3c2CCN(c2cn[nH]c(=O)c2Cl)C3)c(CN(C)C)c1. The first-order valence-electron chi connectivity index (χ1n) is 9.55. The third kappa shape index (κ3) is 4.04. The molecule has 1 aliphatic rings. The first kappa shape index (κ1) is 19.6. The van der Waals surface area contributed by atoms with Gasteiger partial charge >= 0.3 is 0 Å². The van der Waals surface area contributed by atoms with E-state index in [2.05, 4.69) is 64.6 Å². The van der Waals surface area contributed by atoms with Gasteiger partial charge in [-0.15, -0.1) is 5.10 Å². The van der Waals surface area contributed by atoms with Crippen molar-refractivity contribution in [2.75, 3.05) is 25.5 Å². The number of rotatable bonds is 5. The van der Waals surface area contributed by atoms with Crippen LogP contribution in [-0.2, 0) is 26.1 Å². The monoisotopic (exact) mass is 413 g/mol. The van der Waals surface area contributed by atoms with Crippen LogP contribution in [0.15, 0.2) is 29.2 Å². The molecule has 2 aromatic heterocycles. The van der Waals surface area contributed by atoms with E-state index in [1.165, 1.54) is 16.7 Å². The minimum Gasteiger partial charge on any atom is -0.362 e. The van der Waals surface area contributed by atoms with Crippen molar-refractivity contribution < 1.29 is 0 Å². The van der Waals surface area contributed by atoms with Gasteiger partial charge in [0.15, 0.2) is 0 Å². The van der Waals surface area contributed by atoms with Crippen molar-refractivity contribution in [1.29, 1.82) is 0 Å². The van der Waals surface area contributed by atoms with Crippen LogP contribution in [0.4, 0.5) is 5.69 Å². The maximum absolute atomic E-state index is 11.8. The van der Waals surface area contributed by atoms with Crippen molar-refractivity contribution in [3.63, 3.8) is 0 Å². The van der Waals surface area contributed by atoms with Crippen molar-refractivity contribution >= 4 is 17.3 Å². The third-order valence-corrected chi connectivity index (χ3v) is 5.53. The Morgan fingerprint density at radius 3 is 2.90 bits per heavy atom. The maximum atomic E-state index is 11.8. The van der Waals surface area contributed by atoms with Crippen molar-refractivity contribution in [3.05, 3.63) is 67.9 Å². The van der Waals surface area contributed by atoms with E-state index < -0.39 is 0 Å². The number of anilines is 1. The largest absolute Gasteiger partial charge is 0.362 e. The molecule has 0 unspecified atom stereocenters. The highest BCUT2D eigenvalue weighted by molar-refractivity contribution is 6.32. The van der Waals surface area contributed by atoms with Crippen LogP contribution in [-0.4, -0.2) is 50.7 Å². The van der Waals surface area contributed by atoms with Gasteiger partial charge in [-0.1, -0.05) is 40.6 Å². The van der Waals surface area contributed by atoms with E-state index in [4.69, 9.17) is 11.6 Å². The highest BCUT2D eigenvalue weighted by atomic mass is 35.5. The van der Waals surface area contributed by atoms with E-state index in [1.54, 1.807) is 6.20 Å². The Morgan fingerprint density at radius 1 is 1.28 bits per heavy atom. The molecule has 1 N–H and O–H groups in total. The second kappa shape index (κ2) is 7.96. The lowest BCUT2D eigenvalue weighted by Gasteiger charge is -2.28. The summed E-state index contributed by atoms with van der Waals surface area (Å²) in [5, 5.41) is 15.2. The van der Waals surface area contributed by atoms with Crippen LogP contribution in [0.5, 0.6) is 0 Å². The molecule has 8 nitrogen and oxygen atoms in total. The summed E-state index contributed by atoms with van der Waals surface area (Å²) in [6, 6.07) is 6.56. The van der Waals surface area contributed by atoms with Gasteiger partial charge in [-0.3, -0.25) is 4.79 Å². The highest BCUT2D eigenvalue weighted by Crippen LogP contribution is 2.27. The van der Waals surface area contributed by atoms with E-state index in [1.807, 2.05) is 9.58 Å². The number of benzene rings is 1. The maximum Gasteiger partial charge on any atom is 0.285 e. The summed E-state index contributed by atoms with van der Waals surface area (Å²) in [6.07, 6.45) is 2.36. The zero-order valence-electron chi connectivity index (χ0n) is 16.8. The van der Waals surface area contributed by atoms with Gasteiger partial charge in [-0.2, -0.15) is 5.10 Å². The molecular weight excluding hydrogens is 390 g/mol. The molecule has 0 radical (unpaired) electrons. The molecule has 0 aliphatic carbocycles. The Hall–Kier alpha value is -2.71. The van der Waals surface area contributed by atoms with Crippen LogP contribution in [0, 0.1) is 6.92 Å². The minimum atomic E-state index is -0.383. The van der Waals surface area contributed by atoms with E-state index in [0.29, 0.717) is 18.8 Å². The summed E-state index contributed by atoms with van der Waals surface area (Å²) in [6.45, 7) is 4.97. The second-order valence-electron chi connectivity index (χ2n) is 7.72. The van der Waals surface area contributed by atoms with E-state index in [9.17, 15) is 4.79 Å². The molecule has 1 aliphatic heterocycles. The van der Waals surface area contributed by atoms with Crippen LogP contribution in [0.1, 0.15) is 28.1 Å². The number of aromatic amines is 1. The Balaban J connectivity index is 1.58. The van der Waals surface area contributed by atoms with Gasteiger partial charge in [0.25, 0.3) is 5.56 Å². The summed E-state index contributed by atoms with van der Waals surface area (Å²) < 4.78 is 1.99. The topological polar surface area (TPSA) is 82.9 Å². The zero-order chi connectivity index (χ0) is 20.5. The number of nitrogens with zero attached hydrogens (tertiary/aromatic N) is 6. The number of aryl methyl sites for hydroxylation is 1. The molecule has 0 fully saturated rings. The number of aromatic nitrogens is 5. The molecule has 0 saturated carbocycles. The number of H-pyrrole nitrogens is 1. The molecule has 4 rings (SSSR count). The van der Waals surface area contributed by atoms with Gasteiger partial charge in [0.2, 0.25) is 0 Å². The Morgan fingerprint density at radius 2 is 2.10 bits per heavy atom. The number of halogens is 1. The molecule has 0 spiro atoms. The lowest BCUT2D eigenvalue weighted by atomic mass is 10.0. The number of fused-ring (bicyclic) bond motifs is 1. The fourth-order valence-electron chi connectivity index (χ4n) is 3.75. The number of hydrogen-bond donors (Lipinski definition) is 1. The van der Waals surface area contributed by atoms with E-state index >= 15 is 0 Å². The lowest BCUT2D eigenvalue weighted by molar-refractivity contribution is 0.400. The van der Waals surface area contributed by atoms with Crippen molar-refractivity contribution in [3.8, 4) is 0 Å². The molecule has 1 aromatic carbocycles. The fraction of sp³-hybridized carbons (Fsp3) is 0.400. The lowest BCUT2D eigenvalue weighted by Crippen LogP contribution is -2.32. The molecule has 0 amide bonds. The highest BCUT2D eigenvalue weighted by Gasteiger charge is 2.25. The predicted molar refractivity (Wildman–Crippen MR) is 112 cm³/mol. The Labute approximate surface area is 174 Å². The summed E-state index contributed by atoms with van der Waals surface area (Å²) in [5.74, 6) is 0. The first-order chi connectivity index (χ1) is 13.9. The van der Waals surface area contributed by atoms with E-state index in [0.717, 1.165) is 30.9 Å². The number of nitrogens with one attached hydrogen (secondary N) is 1. The summed E-state index contributed by atoms with van der Waals surface area (Å²) in [7, 11) is 4.15. The molecule has 0 atom stereocenters. The third-order valence-electron chi connectivity index (χ3n) is 5.16. The standard InChI is InChI=1S/C20H24ClN7O/c1-13-4-5-14(15(8-13)10-26(2)3)11-28-17-6-7-27(12-16(17)23-25-28)18-9-22-24-20(29)19(18)21/h4-5,8-9H,6-7,10-12H2,1-3H3,(H,24,29). The summed E-state index contributed by atoms with van der Waals surface area (Å²) in [4.78, 5) is 16.0. The molecular formula is C20H24ClN7O. The first-order valence-corrected chi connectivity index (χ1v) is 9.92. The van der Waals surface area contributed by atoms with Gasteiger partial charge in [-0.25, -0.2) is 9.78 Å². The average molecular weight is 414 g/mol.